The highest BCUT2D eigenvalue weighted by atomic mass is 19.1. The molecule has 2 aliphatic rings. The number of ether oxygens (including phenoxy) is 1. The molecule has 0 amide bonds. The van der Waals surface area contributed by atoms with Gasteiger partial charge in [0.1, 0.15) is 5.82 Å². The van der Waals surface area contributed by atoms with E-state index in [-0.39, 0.29) is 17.3 Å². The van der Waals surface area contributed by atoms with E-state index in [1.807, 2.05) is 18.3 Å². The molecule has 0 N–H and O–H groups in total. The second-order valence-corrected chi connectivity index (χ2v) is 9.27. The van der Waals surface area contributed by atoms with Crippen LogP contribution in [0.25, 0.3) is 11.8 Å². The lowest BCUT2D eigenvalue weighted by molar-refractivity contribution is -0.0115. The van der Waals surface area contributed by atoms with Crippen LogP contribution in [0.1, 0.15) is 54.7 Å². The lowest BCUT2D eigenvalue weighted by Gasteiger charge is -2.48. The van der Waals surface area contributed by atoms with Crippen LogP contribution in [-0.4, -0.2) is 16.9 Å². The zero-order valence-corrected chi connectivity index (χ0v) is 18.4. The van der Waals surface area contributed by atoms with E-state index in [4.69, 9.17) is 9.84 Å². The summed E-state index contributed by atoms with van der Waals surface area (Å²) in [6.07, 6.45) is 8.64. The SMILES string of the molecule is CO[C@@H](c1ccc(F)cc1)[C@H]1CCCC2=Cc3c(cnn3-c3ccc(C)cc3)C[C@@]21C. The Morgan fingerprint density at radius 2 is 1.87 bits per heavy atom. The van der Waals surface area contributed by atoms with Gasteiger partial charge in [0, 0.05) is 7.11 Å². The number of methoxy groups -OCH3 is 1. The van der Waals surface area contributed by atoms with E-state index in [9.17, 15) is 4.39 Å². The van der Waals surface area contributed by atoms with E-state index in [1.54, 1.807) is 7.11 Å². The van der Waals surface area contributed by atoms with E-state index in [0.717, 1.165) is 36.9 Å². The van der Waals surface area contributed by atoms with E-state index < -0.39 is 0 Å². The average molecular weight is 417 g/mol. The molecule has 3 aromatic rings. The summed E-state index contributed by atoms with van der Waals surface area (Å²) in [5.74, 6) is 0.124. The number of rotatable bonds is 4. The molecule has 0 spiro atoms. The summed E-state index contributed by atoms with van der Waals surface area (Å²) in [5, 5.41) is 4.74. The maximum Gasteiger partial charge on any atom is 0.123 e. The van der Waals surface area contributed by atoms with Crippen LogP contribution in [0.15, 0.2) is 60.3 Å². The third kappa shape index (κ3) is 3.43. The Hall–Kier alpha value is -2.72. The van der Waals surface area contributed by atoms with Crippen LogP contribution in [-0.2, 0) is 11.2 Å². The van der Waals surface area contributed by atoms with Crippen molar-refractivity contribution in [2.45, 2.75) is 45.6 Å². The summed E-state index contributed by atoms with van der Waals surface area (Å²) >= 11 is 0. The number of aromatic nitrogens is 2. The van der Waals surface area contributed by atoms with Crippen molar-refractivity contribution >= 4 is 6.08 Å². The van der Waals surface area contributed by atoms with Gasteiger partial charge in [0.25, 0.3) is 0 Å². The van der Waals surface area contributed by atoms with Crippen LogP contribution in [0.4, 0.5) is 4.39 Å². The Bertz CT molecular complexity index is 1110. The van der Waals surface area contributed by atoms with Crippen LogP contribution in [0, 0.1) is 24.1 Å². The molecule has 1 heterocycles. The lowest BCUT2D eigenvalue weighted by Crippen LogP contribution is -2.40. The molecule has 0 unspecified atom stereocenters. The van der Waals surface area contributed by atoms with Gasteiger partial charge in [0.05, 0.1) is 23.7 Å². The summed E-state index contributed by atoms with van der Waals surface area (Å²) in [5.41, 5.74) is 7.37. The Labute approximate surface area is 183 Å². The summed E-state index contributed by atoms with van der Waals surface area (Å²) in [4.78, 5) is 0. The normalized spacial score (nSPS) is 23.6. The topological polar surface area (TPSA) is 27.1 Å². The third-order valence-electron chi connectivity index (χ3n) is 7.36. The summed E-state index contributed by atoms with van der Waals surface area (Å²) in [6.45, 7) is 4.48. The van der Waals surface area contributed by atoms with E-state index in [2.05, 4.69) is 48.9 Å². The van der Waals surface area contributed by atoms with Crippen molar-refractivity contribution in [3.05, 3.63) is 88.5 Å². The predicted molar refractivity (Wildman–Crippen MR) is 122 cm³/mol. The Balaban J connectivity index is 1.53. The Morgan fingerprint density at radius 1 is 1.13 bits per heavy atom. The zero-order valence-electron chi connectivity index (χ0n) is 18.4. The van der Waals surface area contributed by atoms with Gasteiger partial charge in [-0.15, -0.1) is 0 Å². The minimum atomic E-state index is -0.208. The first-order chi connectivity index (χ1) is 15.0. The molecule has 160 valence electrons. The van der Waals surface area contributed by atoms with Crippen LogP contribution < -0.4 is 0 Å². The molecule has 4 heteroatoms. The third-order valence-corrected chi connectivity index (χ3v) is 7.36. The minimum Gasteiger partial charge on any atom is -0.376 e. The first kappa shape index (κ1) is 20.2. The summed E-state index contributed by atoms with van der Waals surface area (Å²) in [6, 6.07) is 15.3. The molecule has 3 nitrogen and oxygen atoms in total. The standard InChI is InChI=1S/C27H29FN2O/c1-18-7-13-23(14-8-18)30-25-15-21-5-4-6-24(27(21,2)16-20(25)17-29-30)26(31-3)19-9-11-22(28)12-10-19/h7-15,17,24,26H,4-6,16H2,1-3H3/t24-,26+,27+/m1/s1. The molecule has 1 saturated carbocycles. The molecular weight excluding hydrogens is 387 g/mol. The second-order valence-electron chi connectivity index (χ2n) is 9.27. The van der Waals surface area contributed by atoms with Gasteiger partial charge in [-0.3, -0.25) is 0 Å². The van der Waals surface area contributed by atoms with Crippen molar-refractivity contribution in [3.63, 3.8) is 0 Å². The van der Waals surface area contributed by atoms with Gasteiger partial charge in [0.2, 0.25) is 0 Å². The van der Waals surface area contributed by atoms with Crippen molar-refractivity contribution in [1.82, 2.24) is 9.78 Å². The molecular formula is C27H29FN2O. The fourth-order valence-electron chi connectivity index (χ4n) is 5.64. The minimum absolute atomic E-state index is 0.00144. The molecule has 0 bridgehead atoms. The van der Waals surface area contributed by atoms with Crippen LogP contribution >= 0.6 is 0 Å². The number of allylic oxidation sites excluding steroid dienone is 1. The highest BCUT2D eigenvalue weighted by Crippen LogP contribution is 2.55. The molecule has 0 saturated heterocycles. The van der Waals surface area contributed by atoms with Crippen LogP contribution in [0.5, 0.6) is 0 Å². The molecule has 31 heavy (non-hydrogen) atoms. The quantitative estimate of drug-likeness (QED) is 0.488. The number of halogens is 1. The van der Waals surface area contributed by atoms with Crippen LogP contribution in [0.2, 0.25) is 0 Å². The van der Waals surface area contributed by atoms with Crippen molar-refractivity contribution < 1.29 is 9.13 Å². The predicted octanol–water partition coefficient (Wildman–Crippen LogP) is 6.45. The first-order valence-corrected chi connectivity index (χ1v) is 11.1. The number of hydrogen-bond donors (Lipinski definition) is 0. The molecule has 2 aliphatic carbocycles. The Kier molecular flexibility index (Phi) is 5.05. The van der Waals surface area contributed by atoms with Crippen molar-refractivity contribution in [3.8, 4) is 5.69 Å². The van der Waals surface area contributed by atoms with E-state index >= 15 is 0 Å². The van der Waals surface area contributed by atoms with E-state index in [0.29, 0.717) is 5.92 Å². The summed E-state index contributed by atoms with van der Waals surface area (Å²) in [7, 11) is 1.78. The molecule has 1 fully saturated rings. The van der Waals surface area contributed by atoms with Crippen LogP contribution in [0.3, 0.4) is 0 Å². The fraction of sp³-hybridized carbons (Fsp3) is 0.370. The van der Waals surface area contributed by atoms with E-state index in [1.165, 1.54) is 34.5 Å². The number of benzene rings is 2. The van der Waals surface area contributed by atoms with Crippen molar-refractivity contribution in [2.75, 3.05) is 7.11 Å². The largest absolute Gasteiger partial charge is 0.376 e. The maximum atomic E-state index is 13.5. The number of fused-ring (bicyclic) bond motifs is 2. The van der Waals surface area contributed by atoms with Gasteiger partial charge in [0.15, 0.2) is 0 Å². The van der Waals surface area contributed by atoms with Gasteiger partial charge in [-0.2, -0.15) is 5.10 Å². The number of hydrogen-bond acceptors (Lipinski definition) is 2. The fourth-order valence-corrected chi connectivity index (χ4v) is 5.64. The number of aryl methyl sites for hydroxylation is 1. The van der Waals surface area contributed by atoms with Crippen molar-refractivity contribution in [1.29, 1.82) is 0 Å². The number of nitrogens with zero attached hydrogens (tertiary/aromatic N) is 2. The molecule has 5 rings (SSSR count). The molecule has 2 aromatic carbocycles. The highest BCUT2D eigenvalue weighted by molar-refractivity contribution is 5.61. The smallest absolute Gasteiger partial charge is 0.123 e. The van der Waals surface area contributed by atoms with Gasteiger partial charge in [-0.25, -0.2) is 9.07 Å². The van der Waals surface area contributed by atoms with Gasteiger partial charge in [-0.1, -0.05) is 42.3 Å². The van der Waals surface area contributed by atoms with Gasteiger partial charge in [-0.05, 0) is 85.4 Å². The molecule has 3 atom stereocenters. The highest BCUT2D eigenvalue weighted by Gasteiger charge is 2.47. The first-order valence-electron chi connectivity index (χ1n) is 11.1. The zero-order chi connectivity index (χ0) is 21.6. The van der Waals surface area contributed by atoms with Crippen molar-refractivity contribution in [2.24, 2.45) is 11.3 Å². The molecule has 0 aliphatic heterocycles. The maximum absolute atomic E-state index is 13.5. The second kappa shape index (κ2) is 7.76. The molecule has 1 aromatic heterocycles. The van der Waals surface area contributed by atoms with Gasteiger partial charge < -0.3 is 4.74 Å². The Morgan fingerprint density at radius 3 is 2.58 bits per heavy atom. The average Bonchev–Trinajstić information content (AvgIpc) is 3.17. The lowest BCUT2D eigenvalue weighted by atomic mass is 9.57. The van der Waals surface area contributed by atoms with Gasteiger partial charge >= 0.3 is 0 Å². The molecule has 0 radical (unpaired) electrons. The summed E-state index contributed by atoms with van der Waals surface area (Å²) < 4.78 is 21.6. The monoisotopic (exact) mass is 416 g/mol.